The van der Waals surface area contributed by atoms with E-state index in [0.29, 0.717) is 17.0 Å². The molecule has 0 saturated carbocycles. The molecule has 6 nitrogen and oxygen atoms in total. The number of halogens is 2. The molecule has 0 fully saturated rings. The molecule has 0 saturated heterocycles. The van der Waals surface area contributed by atoms with Gasteiger partial charge in [-0.25, -0.2) is 0 Å². The number of nitro benzene ring substituents is 1. The number of hydrazine groups is 1. The van der Waals surface area contributed by atoms with Gasteiger partial charge in [-0.05, 0) is 40.2 Å². The second-order valence-electron chi connectivity index (χ2n) is 4.11. The zero-order chi connectivity index (χ0) is 15.4. The molecule has 0 aliphatic heterocycles. The molecule has 0 bridgehead atoms. The van der Waals surface area contributed by atoms with E-state index in [-0.39, 0.29) is 12.3 Å². The third-order valence-electron chi connectivity index (χ3n) is 2.73. The number of hydrogen-bond donors (Lipinski definition) is 2. The Hall–Kier alpha value is -1.64. The van der Waals surface area contributed by atoms with E-state index in [1.165, 1.54) is 12.1 Å². The summed E-state index contributed by atoms with van der Waals surface area (Å²) in [6.07, 6.45) is 0. The van der Waals surface area contributed by atoms with Gasteiger partial charge in [0, 0.05) is 22.2 Å². The predicted octanol–water partition coefficient (Wildman–Crippen LogP) is 3.98. The molecule has 8 heteroatoms. The van der Waals surface area contributed by atoms with Gasteiger partial charge in [0.05, 0.1) is 15.1 Å². The van der Waals surface area contributed by atoms with Crippen LogP contribution in [0, 0.1) is 10.1 Å². The fraction of sp³-hybridized carbons (Fsp3) is 0.0769. The van der Waals surface area contributed by atoms with Gasteiger partial charge in [0.25, 0.3) is 5.69 Å². The van der Waals surface area contributed by atoms with Crippen LogP contribution in [0.1, 0.15) is 5.56 Å². The first-order chi connectivity index (χ1) is 10.0. The first kappa shape index (κ1) is 15.7. The Balaban J connectivity index is 2.22. The highest BCUT2D eigenvalue weighted by Crippen LogP contribution is 2.30. The van der Waals surface area contributed by atoms with Crippen molar-refractivity contribution >= 4 is 43.2 Å². The average Bonchev–Trinajstić information content (AvgIpc) is 2.46. The molecule has 2 aromatic carbocycles. The maximum absolute atomic E-state index is 10.8. The van der Waals surface area contributed by atoms with E-state index in [1.54, 1.807) is 12.1 Å². The number of nitro groups is 1. The van der Waals surface area contributed by atoms with Crippen LogP contribution in [0.4, 0.5) is 11.4 Å². The van der Waals surface area contributed by atoms with Gasteiger partial charge >= 0.3 is 0 Å². The minimum Gasteiger partial charge on any atom is -0.488 e. The summed E-state index contributed by atoms with van der Waals surface area (Å²) in [4.78, 5) is 10.4. The number of ether oxygens (including phenoxy) is 1. The van der Waals surface area contributed by atoms with E-state index in [1.807, 2.05) is 12.1 Å². The molecular weight excluding hydrogens is 406 g/mol. The van der Waals surface area contributed by atoms with Crippen molar-refractivity contribution in [3.63, 3.8) is 0 Å². The van der Waals surface area contributed by atoms with E-state index < -0.39 is 4.92 Å². The molecule has 0 atom stereocenters. The van der Waals surface area contributed by atoms with Crippen molar-refractivity contribution in [3.8, 4) is 5.75 Å². The highest BCUT2D eigenvalue weighted by atomic mass is 79.9. The molecule has 0 aliphatic carbocycles. The van der Waals surface area contributed by atoms with Crippen LogP contribution in [-0.2, 0) is 6.61 Å². The van der Waals surface area contributed by atoms with Crippen molar-refractivity contribution < 1.29 is 9.66 Å². The number of benzene rings is 2. The summed E-state index contributed by atoms with van der Waals surface area (Å²) in [6, 6.07) is 9.85. The Morgan fingerprint density at radius 2 is 2.00 bits per heavy atom. The summed E-state index contributed by atoms with van der Waals surface area (Å²) in [5.74, 6) is 6.04. The number of non-ortho nitro benzene ring substituents is 1. The van der Waals surface area contributed by atoms with Crippen LogP contribution in [0.3, 0.4) is 0 Å². The van der Waals surface area contributed by atoms with Gasteiger partial charge in [-0.2, -0.15) is 0 Å². The first-order valence-electron chi connectivity index (χ1n) is 5.83. The molecule has 110 valence electrons. The van der Waals surface area contributed by atoms with Gasteiger partial charge in [0.1, 0.15) is 12.4 Å². The largest absolute Gasteiger partial charge is 0.488 e. The second-order valence-corrected chi connectivity index (χ2v) is 5.88. The zero-order valence-corrected chi connectivity index (χ0v) is 13.8. The van der Waals surface area contributed by atoms with E-state index in [9.17, 15) is 10.1 Å². The van der Waals surface area contributed by atoms with Crippen molar-refractivity contribution in [1.82, 2.24) is 0 Å². The highest BCUT2D eigenvalue weighted by Gasteiger charge is 2.11. The Bertz CT molecular complexity index is 680. The fourth-order valence-electron chi connectivity index (χ4n) is 1.70. The van der Waals surface area contributed by atoms with Gasteiger partial charge in [-0.3, -0.25) is 16.0 Å². The van der Waals surface area contributed by atoms with Gasteiger partial charge in [0.15, 0.2) is 0 Å². The lowest BCUT2D eigenvalue weighted by Gasteiger charge is -2.12. The van der Waals surface area contributed by atoms with Gasteiger partial charge in [0.2, 0.25) is 0 Å². The van der Waals surface area contributed by atoms with Gasteiger partial charge in [-0.15, -0.1) is 0 Å². The molecule has 0 spiro atoms. The summed E-state index contributed by atoms with van der Waals surface area (Å²) in [6.45, 7) is 0.154. The van der Waals surface area contributed by atoms with E-state index >= 15 is 0 Å². The van der Waals surface area contributed by atoms with Crippen LogP contribution >= 0.6 is 31.9 Å². The maximum Gasteiger partial charge on any atom is 0.269 e. The van der Waals surface area contributed by atoms with E-state index in [4.69, 9.17) is 10.6 Å². The minimum absolute atomic E-state index is 0.0116. The molecule has 21 heavy (non-hydrogen) atoms. The number of hydrogen-bond acceptors (Lipinski definition) is 5. The molecule has 0 aromatic heterocycles. The van der Waals surface area contributed by atoms with E-state index in [2.05, 4.69) is 37.3 Å². The van der Waals surface area contributed by atoms with Crippen molar-refractivity contribution in [3.05, 3.63) is 61.0 Å². The zero-order valence-electron chi connectivity index (χ0n) is 10.7. The van der Waals surface area contributed by atoms with Crippen molar-refractivity contribution in [1.29, 1.82) is 0 Å². The molecule has 0 radical (unpaired) electrons. The Kier molecular flexibility index (Phi) is 5.16. The van der Waals surface area contributed by atoms with Crippen LogP contribution in [0.25, 0.3) is 0 Å². The summed E-state index contributed by atoms with van der Waals surface area (Å²) in [7, 11) is 0. The number of anilines is 1. The standard InChI is InChI=1S/C13H11Br2N3O3/c14-9-1-4-13(11(15)6-9)21-7-8-5-10(18(19)20)2-3-12(8)17-16/h1-6,17H,7,16H2. The number of rotatable bonds is 5. The average molecular weight is 417 g/mol. The van der Waals surface area contributed by atoms with Gasteiger partial charge in [-0.1, -0.05) is 15.9 Å². The lowest BCUT2D eigenvalue weighted by molar-refractivity contribution is -0.384. The van der Waals surface area contributed by atoms with Crippen LogP contribution in [-0.4, -0.2) is 4.92 Å². The first-order valence-corrected chi connectivity index (χ1v) is 7.41. The van der Waals surface area contributed by atoms with Gasteiger partial charge < -0.3 is 10.2 Å². The van der Waals surface area contributed by atoms with Crippen molar-refractivity contribution in [2.24, 2.45) is 5.84 Å². The van der Waals surface area contributed by atoms with Crippen molar-refractivity contribution in [2.45, 2.75) is 6.61 Å². The molecule has 0 heterocycles. The van der Waals surface area contributed by atoms with Crippen LogP contribution in [0.15, 0.2) is 45.3 Å². The van der Waals surface area contributed by atoms with Crippen LogP contribution in [0.5, 0.6) is 5.75 Å². The molecule has 0 amide bonds. The molecule has 2 aromatic rings. The smallest absolute Gasteiger partial charge is 0.269 e. The molecule has 3 N–H and O–H groups in total. The SMILES string of the molecule is NNc1ccc([N+](=O)[O-])cc1COc1ccc(Br)cc1Br. The summed E-state index contributed by atoms with van der Waals surface area (Å²) in [5.41, 5.74) is 3.66. The van der Waals surface area contributed by atoms with Crippen molar-refractivity contribution in [2.75, 3.05) is 5.43 Å². The fourth-order valence-corrected chi connectivity index (χ4v) is 2.86. The Labute approximate surface area is 137 Å². The normalized spacial score (nSPS) is 10.2. The lowest BCUT2D eigenvalue weighted by Crippen LogP contribution is -2.11. The van der Waals surface area contributed by atoms with E-state index in [0.717, 1.165) is 8.95 Å². The number of nitrogens with zero attached hydrogens (tertiary/aromatic N) is 1. The highest BCUT2D eigenvalue weighted by molar-refractivity contribution is 9.11. The predicted molar refractivity (Wildman–Crippen MR) is 87.1 cm³/mol. The third-order valence-corrected chi connectivity index (χ3v) is 3.85. The second kappa shape index (κ2) is 6.88. The molecule has 0 unspecified atom stereocenters. The third kappa shape index (κ3) is 3.93. The molecule has 2 rings (SSSR count). The topological polar surface area (TPSA) is 90.4 Å². The molecular formula is C13H11Br2N3O3. The summed E-state index contributed by atoms with van der Waals surface area (Å²) >= 11 is 6.74. The van der Waals surface area contributed by atoms with Crippen LogP contribution in [0.2, 0.25) is 0 Å². The summed E-state index contributed by atoms with van der Waals surface area (Å²) < 4.78 is 7.37. The van der Waals surface area contributed by atoms with Crippen LogP contribution < -0.4 is 16.0 Å². The lowest BCUT2D eigenvalue weighted by atomic mass is 10.1. The minimum atomic E-state index is -0.459. The number of nitrogen functional groups attached to an aromatic ring is 1. The number of nitrogens with two attached hydrogens (primary N) is 1. The molecule has 0 aliphatic rings. The monoisotopic (exact) mass is 415 g/mol. The Morgan fingerprint density at radius 1 is 1.24 bits per heavy atom. The Morgan fingerprint density at radius 3 is 2.62 bits per heavy atom. The quantitative estimate of drug-likeness (QED) is 0.437. The number of nitrogens with one attached hydrogen (secondary N) is 1. The maximum atomic E-state index is 10.8. The summed E-state index contributed by atoms with van der Waals surface area (Å²) in [5, 5.41) is 10.8.